The molecule has 3 rings (SSSR count). The normalized spacial score (nSPS) is 11.4. The van der Waals surface area contributed by atoms with Crippen LogP contribution in [0.25, 0.3) is 22.3 Å². The molecule has 168 valence electrons. The summed E-state index contributed by atoms with van der Waals surface area (Å²) in [6.07, 6.45) is 4.41. The lowest BCUT2D eigenvalue weighted by molar-refractivity contribution is 0.0696. The van der Waals surface area contributed by atoms with E-state index in [4.69, 9.17) is 8.92 Å². The number of carboxylic acids is 1. The monoisotopic (exact) mass is 474 g/mol. The van der Waals surface area contributed by atoms with Crippen molar-refractivity contribution in [1.29, 1.82) is 0 Å². The number of carbonyl (C=O) groups is 1. The number of methoxy groups -OCH3 is 1. The highest BCUT2D eigenvalue weighted by molar-refractivity contribution is 7.98. The zero-order chi connectivity index (χ0) is 23.5. The fourth-order valence-corrected chi connectivity index (χ4v) is 3.89. The van der Waals surface area contributed by atoms with Gasteiger partial charge in [-0.1, -0.05) is 23.9 Å². The summed E-state index contributed by atoms with van der Waals surface area (Å²) < 4.78 is 33.6. The third-order valence-corrected chi connectivity index (χ3v) is 5.82. The second-order valence-corrected chi connectivity index (χ2v) is 9.35. The minimum Gasteiger partial charge on any atom is -0.496 e. The summed E-state index contributed by atoms with van der Waals surface area (Å²) in [7, 11) is -2.13. The molecule has 2 aromatic carbocycles. The average Bonchev–Trinajstić information content (AvgIpc) is 2.76. The lowest BCUT2D eigenvalue weighted by Crippen LogP contribution is -2.07. The molecule has 0 amide bonds. The number of hydrogen-bond acceptors (Lipinski definition) is 8. The van der Waals surface area contributed by atoms with Crippen molar-refractivity contribution in [3.8, 4) is 28.0 Å². The Bertz CT molecular complexity index is 1280. The van der Waals surface area contributed by atoms with Gasteiger partial charge in [-0.15, -0.1) is 0 Å². The minimum absolute atomic E-state index is 0.209. The van der Waals surface area contributed by atoms with Gasteiger partial charge in [-0.2, -0.15) is 8.42 Å². The van der Waals surface area contributed by atoms with Crippen molar-refractivity contribution in [2.45, 2.75) is 18.7 Å². The largest absolute Gasteiger partial charge is 0.496 e. The zero-order valence-electron chi connectivity index (χ0n) is 17.9. The molecular weight excluding hydrogens is 452 g/mol. The molecule has 0 saturated heterocycles. The van der Waals surface area contributed by atoms with Crippen LogP contribution in [0, 0.1) is 6.92 Å². The van der Waals surface area contributed by atoms with Crippen molar-refractivity contribution >= 4 is 27.8 Å². The molecule has 3 aromatic rings. The van der Waals surface area contributed by atoms with Crippen LogP contribution in [0.4, 0.5) is 0 Å². The molecule has 8 nitrogen and oxygen atoms in total. The van der Waals surface area contributed by atoms with Crippen LogP contribution in [0.2, 0.25) is 0 Å². The van der Waals surface area contributed by atoms with Crippen LogP contribution in [-0.4, -0.2) is 49.1 Å². The lowest BCUT2D eigenvalue weighted by Gasteiger charge is -2.15. The molecule has 10 heteroatoms. The summed E-state index contributed by atoms with van der Waals surface area (Å²) in [6, 6.07) is 10.5. The first-order valence-corrected chi connectivity index (χ1v) is 12.4. The van der Waals surface area contributed by atoms with Crippen LogP contribution < -0.4 is 4.74 Å². The molecule has 0 aliphatic heterocycles. The Hall–Kier alpha value is -2.95. The standard InChI is InChI=1S/C22H22N2O6S2/c1-13-9-15(21(25)26)5-7-16(13)14-6-8-20(29-2)17(10-14)18-11-23-22(31-3)24-19(18)12-30-32(4,27)28/h5-11H,12H2,1-4H3,(H,25,26). The number of thioether (sulfide) groups is 1. The van der Waals surface area contributed by atoms with E-state index in [0.29, 0.717) is 27.7 Å². The summed E-state index contributed by atoms with van der Waals surface area (Å²) in [6.45, 7) is 1.59. The molecule has 0 bridgehead atoms. The molecule has 0 aliphatic rings. The van der Waals surface area contributed by atoms with E-state index in [1.807, 2.05) is 25.3 Å². The van der Waals surface area contributed by atoms with Gasteiger partial charge < -0.3 is 9.84 Å². The molecule has 0 atom stereocenters. The average molecular weight is 475 g/mol. The van der Waals surface area contributed by atoms with E-state index in [2.05, 4.69) is 9.97 Å². The first-order chi connectivity index (χ1) is 15.1. The maximum Gasteiger partial charge on any atom is 0.335 e. The van der Waals surface area contributed by atoms with E-state index >= 15 is 0 Å². The van der Waals surface area contributed by atoms with Crippen molar-refractivity contribution in [2.75, 3.05) is 19.6 Å². The van der Waals surface area contributed by atoms with Crippen LogP contribution in [0.3, 0.4) is 0 Å². The Balaban J connectivity index is 2.15. The quantitative estimate of drug-likeness (QED) is 0.293. The molecule has 0 unspecified atom stereocenters. The van der Waals surface area contributed by atoms with Gasteiger partial charge in [0, 0.05) is 17.3 Å². The summed E-state index contributed by atoms with van der Waals surface area (Å²) >= 11 is 1.33. The Labute approximate surface area is 190 Å². The van der Waals surface area contributed by atoms with Gasteiger partial charge in [0.2, 0.25) is 0 Å². The minimum atomic E-state index is -3.67. The van der Waals surface area contributed by atoms with Crippen LogP contribution in [0.5, 0.6) is 5.75 Å². The third-order valence-electron chi connectivity index (χ3n) is 4.71. The molecule has 0 saturated carbocycles. The molecule has 0 radical (unpaired) electrons. The Kier molecular flexibility index (Phi) is 7.17. The number of aryl methyl sites for hydroxylation is 1. The van der Waals surface area contributed by atoms with E-state index in [0.717, 1.165) is 22.9 Å². The fourth-order valence-electron chi connectivity index (χ4n) is 3.20. The van der Waals surface area contributed by atoms with Gasteiger partial charge in [0.15, 0.2) is 5.16 Å². The summed E-state index contributed by atoms with van der Waals surface area (Å²) in [4.78, 5) is 20.0. The topological polar surface area (TPSA) is 116 Å². The lowest BCUT2D eigenvalue weighted by atomic mass is 9.94. The summed E-state index contributed by atoms with van der Waals surface area (Å²) in [5.41, 5.74) is 4.34. The number of aromatic nitrogens is 2. The van der Waals surface area contributed by atoms with Crippen molar-refractivity contribution in [1.82, 2.24) is 9.97 Å². The number of rotatable bonds is 8. The van der Waals surface area contributed by atoms with Crippen molar-refractivity contribution < 1.29 is 27.2 Å². The van der Waals surface area contributed by atoms with Crippen molar-refractivity contribution in [3.05, 3.63) is 59.4 Å². The van der Waals surface area contributed by atoms with E-state index in [1.165, 1.54) is 18.9 Å². The van der Waals surface area contributed by atoms with E-state index in [9.17, 15) is 18.3 Å². The smallest absolute Gasteiger partial charge is 0.335 e. The highest BCUT2D eigenvalue weighted by atomic mass is 32.2. The van der Waals surface area contributed by atoms with E-state index in [-0.39, 0.29) is 12.2 Å². The summed E-state index contributed by atoms with van der Waals surface area (Å²) in [5, 5.41) is 9.71. The number of hydrogen-bond donors (Lipinski definition) is 1. The van der Waals surface area contributed by atoms with Crippen LogP contribution >= 0.6 is 11.8 Å². The number of carboxylic acid groups (broad SMARTS) is 1. The van der Waals surface area contributed by atoms with Crippen LogP contribution in [0.1, 0.15) is 21.6 Å². The van der Waals surface area contributed by atoms with Crippen molar-refractivity contribution in [3.63, 3.8) is 0 Å². The van der Waals surface area contributed by atoms with Gasteiger partial charge in [0.25, 0.3) is 10.1 Å². The Morgan fingerprint density at radius 3 is 2.47 bits per heavy atom. The molecular formula is C22H22N2O6S2. The van der Waals surface area contributed by atoms with Crippen LogP contribution in [0.15, 0.2) is 47.8 Å². The van der Waals surface area contributed by atoms with Gasteiger partial charge in [-0.3, -0.25) is 4.18 Å². The Morgan fingerprint density at radius 2 is 1.88 bits per heavy atom. The molecule has 32 heavy (non-hydrogen) atoms. The highest BCUT2D eigenvalue weighted by Crippen LogP contribution is 2.37. The first-order valence-electron chi connectivity index (χ1n) is 9.40. The maximum absolute atomic E-state index is 11.5. The van der Waals surface area contributed by atoms with Gasteiger partial charge in [-0.05, 0) is 54.1 Å². The Morgan fingerprint density at radius 1 is 1.12 bits per heavy atom. The molecule has 1 N–H and O–H groups in total. The van der Waals surface area contributed by atoms with E-state index in [1.54, 1.807) is 30.5 Å². The predicted molar refractivity (Wildman–Crippen MR) is 123 cm³/mol. The predicted octanol–water partition coefficient (Wildman–Crippen LogP) is 4.02. The second-order valence-electron chi connectivity index (χ2n) is 6.93. The van der Waals surface area contributed by atoms with Gasteiger partial charge in [0.05, 0.1) is 24.6 Å². The molecule has 0 spiro atoms. The van der Waals surface area contributed by atoms with E-state index < -0.39 is 16.1 Å². The number of aromatic carboxylic acids is 1. The SMILES string of the molecule is COc1ccc(-c2ccc(C(=O)O)cc2C)cc1-c1cnc(SC)nc1COS(C)(=O)=O. The molecule has 0 aliphatic carbocycles. The van der Waals surface area contributed by atoms with Crippen molar-refractivity contribution in [2.24, 2.45) is 0 Å². The van der Waals surface area contributed by atoms with Gasteiger partial charge >= 0.3 is 5.97 Å². The zero-order valence-corrected chi connectivity index (χ0v) is 19.6. The fraction of sp³-hybridized carbons (Fsp3) is 0.227. The summed E-state index contributed by atoms with van der Waals surface area (Å²) in [5.74, 6) is -0.439. The van der Waals surface area contributed by atoms with Gasteiger partial charge in [-0.25, -0.2) is 14.8 Å². The first kappa shape index (κ1) is 23.7. The van der Waals surface area contributed by atoms with Gasteiger partial charge in [0.1, 0.15) is 12.4 Å². The highest BCUT2D eigenvalue weighted by Gasteiger charge is 2.17. The van der Waals surface area contributed by atoms with Crippen LogP contribution in [-0.2, 0) is 20.9 Å². The second kappa shape index (κ2) is 9.68. The number of ether oxygens (including phenoxy) is 1. The molecule has 0 fully saturated rings. The maximum atomic E-state index is 11.5. The third kappa shape index (κ3) is 5.45. The number of nitrogens with zero attached hydrogens (tertiary/aromatic N) is 2. The molecule has 1 aromatic heterocycles. The molecule has 1 heterocycles. The number of benzene rings is 2.